The summed E-state index contributed by atoms with van der Waals surface area (Å²) in [5, 5.41) is 3.09. The number of nitrogens with zero attached hydrogens (tertiary/aromatic N) is 3. The van der Waals surface area contributed by atoms with Crippen molar-refractivity contribution in [1.29, 1.82) is 0 Å². The smallest absolute Gasteiger partial charge is 0.145 e. The van der Waals surface area contributed by atoms with Gasteiger partial charge in [0.2, 0.25) is 0 Å². The normalized spacial score (nSPS) is 10.9. The summed E-state index contributed by atoms with van der Waals surface area (Å²) in [5.74, 6) is 1.73. The molecule has 1 heterocycles. The van der Waals surface area contributed by atoms with Crippen LogP contribution in [0.15, 0.2) is 4.47 Å². The molecule has 1 rings (SSSR count). The lowest BCUT2D eigenvalue weighted by Gasteiger charge is -2.13. The Morgan fingerprint density at radius 1 is 1.31 bits per heavy atom. The lowest BCUT2D eigenvalue weighted by Crippen LogP contribution is -2.15. The Bertz CT molecular complexity index is 352. The van der Waals surface area contributed by atoms with Crippen LogP contribution in [0.3, 0.4) is 0 Å². The SMILES string of the molecule is CCCc1nc(CN(C)C)nc(NC)c1Br. The van der Waals surface area contributed by atoms with Gasteiger partial charge in [-0.2, -0.15) is 0 Å². The van der Waals surface area contributed by atoms with Crippen molar-refractivity contribution < 1.29 is 0 Å². The van der Waals surface area contributed by atoms with Crippen LogP contribution in [-0.4, -0.2) is 36.0 Å². The average Bonchev–Trinajstić information content (AvgIpc) is 2.22. The second kappa shape index (κ2) is 6.15. The van der Waals surface area contributed by atoms with E-state index >= 15 is 0 Å². The average molecular weight is 287 g/mol. The van der Waals surface area contributed by atoms with Crippen molar-refractivity contribution in [3.8, 4) is 0 Å². The molecule has 1 N–H and O–H groups in total. The number of rotatable bonds is 5. The first-order chi connectivity index (χ1) is 7.58. The summed E-state index contributed by atoms with van der Waals surface area (Å²) in [6, 6.07) is 0. The highest BCUT2D eigenvalue weighted by atomic mass is 79.9. The molecular formula is C11H19BrN4. The molecule has 0 atom stereocenters. The van der Waals surface area contributed by atoms with Gasteiger partial charge in [0, 0.05) is 7.05 Å². The Morgan fingerprint density at radius 2 is 2.00 bits per heavy atom. The fourth-order valence-corrected chi connectivity index (χ4v) is 2.04. The van der Waals surface area contributed by atoms with Gasteiger partial charge in [0.25, 0.3) is 0 Å². The molecular weight excluding hydrogens is 268 g/mol. The van der Waals surface area contributed by atoms with E-state index in [1.807, 2.05) is 21.1 Å². The van der Waals surface area contributed by atoms with Crippen LogP contribution < -0.4 is 5.32 Å². The number of hydrogen-bond acceptors (Lipinski definition) is 4. The number of hydrogen-bond donors (Lipinski definition) is 1. The summed E-state index contributed by atoms with van der Waals surface area (Å²) < 4.78 is 0.986. The van der Waals surface area contributed by atoms with Crippen LogP contribution in [0.2, 0.25) is 0 Å². The molecule has 1 aromatic heterocycles. The van der Waals surface area contributed by atoms with Crippen LogP contribution >= 0.6 is 15.9 Å². The van der Waals surface area contributed by atoms with Gasteiger partial charge in [-0.05, 0) is 36.4 Å². The third-order valence-corrected chi connectivity index (χ3v) is 2.98. The van der Waals surface area contributed by atoms with E-state index in [0.29, 0.717) is 0 Å². The molecule has 16 heavy (non-hydrogen) atoms. The van der Waals surface area contributed by atoms with Gasteiger partial charge in [0.05, 0.1) is 16.7 Å². The molecule has 5 heteroatoms. The maximum atomic E-state index is 4.57. The Kier molecular flexibility index (Phi) is 5.15. The van der Waals surface area contributed by atoms with E-state index in [2.05, 4.69) is 43.0 Å². The predicted octanol–water partition coefficient (Wildman–Crippen LogP) is 2.29. The maximum Gasteiger partial charge on any atom is 0.145 e. The molecule has 0 saturated heterocycles. The van der Waals surface area contributed by atoms with E-state index in [4.69, 9.17) is 0 Å². The van der Waals surface area contributed by atoms with Crippen molar-refractivity contribution in [2.24, 2.45) is 0 Å². The Balaban J connectivity index is 3.07. The van der Waals surface area contributed by atoms with Crippen molar-refractivity contribution in [2.45, 2.75) is 26.3 Å². The molecule has 4 nitrogen and oxygen atoms in total. The van der Waals surface area contributed by atoms with Gasteiger partial charge in [-0.3, -0.25) is 0 Å². The first-order valence-corrected chi connectivity index (χ1v) is 6.25. The maximum absolute atomic E-state index is 4.57. The minimum Gasteiger partial charge on any atom is -0.372 e. The van der Waals surface area contributed by atoms with Crippen molar-refractivity contribution in [1.82, 2.24) is 14.9 Å². The molecule has 0 aliphatic carbocycles. The molecule has 1 aromatic rings. The largest absolute Gasteiger partial charge is 0.372 e. The lowest BCUT2D eigenvalue weighted by molar-refractivity contribution is 0.389. The third-order valence-electron chi connectivity index (χ3n) is 2.15. The highest BCUT2D eigenvalue weighted by Crippen LogP contribution is 2.24. The molecule has 0 spiro atoms. The fraction of sp³-hybridized carbons (Fsp3) is 0.636. The Labute approximate surface area is 106 Å². The highest BCUT2D eigenvalue weighted by molar-refractivity contribution is 9.10. The Hall–Kier alpha value is -0.680. The van der Waals surface area contributed by atoms with Crippen LogP contribution in [0.4, 0.5) is 5.82 Å². The topological polar surface area (TPSA) is 41.1 Å². The van der Waals surface area contributed by atoms with Crippen molar-refractivity contribution in [3.05, 3.63) is 16.0 Å². The molecule has 0 bridgehead atoms. The first kappa shape index (κ1) is 13.4. The molecule has 0 amide bonds. The molecule has 0 saturated carbocycles. The standard InChI is InChI=1S/C11H19BrN4/c1-5-6-8-10(12)11(13-2)15-9(14-8)7-16(3)4/h5-7H2,1-4H3,(H,13,14,15). The van der Waals surface area contributed by atoms with Gasteiger partial charge in [0.15, 0.2) is 0 Å². The lowest BCUT2D eigenvalue weighted by atomic mass is 10.2. The minimum absolute atomic E-state index is 0.763. The summed E-state index contributed by atoms with van der Waals surface area (Å²) in [6.45, 7) is 2.91. The van der Waals surface area contributed by atoms with Crippen molar-refractivity contribution in [2.75, 3.05) is 26.5 Å². The molecule has 0 aromatic carbocycles. The van der Waals surface area contributed by atoms with E-state index in [0.717, 1.165) is 41.2 Å². The minimum atomic E-state index is 0.763. The highest BCUT2D eigenvalue weighted by Gasteiger charge is 2.11. The molecule has 0 fully saturated rings. The predicted molar refractivity (Wildman–Crippen MR) is 70.7 cm³/mol. The molecule has 0 unspecified atom stereocenters. The number of aryl methyl sites for hydroxylation is 1. The van der Waals surface area contributed by atoms with Gasteiger partial charge in [-0.25, -0.2) is 9.97 Å². The molecule has 0 aliphatic heterocycles. The van der Waals surface area contributed by atoms with E-state index < -0.39 is 0 Å². The number of halogens is 1. The van der Waals surface area contributed by atoms with Gasteiger partial charge < -0.3 is 10.2 Å². The number of nitrogens with one attached hydrogen (secondary N) is 1. The third kappa shape index (κ3) is 3.42. The second-order valence-electron chi connectivity index (χ2n) is 3.99. The Morgan fingerprint density at radius 3 is 2.50 bits per heavy atom. The molecule has 0 radical (unpaired) electrons. The molecule has 90 valence electrons. The van der Waals surface area contributed by atoms with E-state index in [1.54, 1.807) is 0 Å². The summed E-state index contributed by atoms with van der Waals surface area (Å²) in [5.41, 5.74) is 1.08. The number of aromatic nitrogens is 2. The quantitative estimate of drug-likeness (QED) is 0.902. The molecule has 0 aliphatic rings. The number of anilines is 1. The van der Waals surface area contributed by atoms with Gasteiger partial charge in [0.1, 0.15) is 11.6 Å². The summed E-state index contributed by atoms with van der Waals surface area (Å²) in [6.07, 6.45) is 2.05. The van der Waals surface area contributed by atoms with Gasteiger partial charge in [-0.15, -0.1) is 0 Å². The van der Waals surface area contributed by atoms with Crippen LogP contribution in [0.1, 0.15) is 24.9 Å². The summed E-state index contributed by atoms with van der Waals surface area (Å²) >= 11 is 3.54. The van der Waals surface area contributed by atoms with Crippen molar-refractivity contribution in [3.63, 3.8) is 0 Å². The van der Waals surface area contributed by atoms with Crippen LogP contribution in [0.5, 0.6) is 0 Å². The summed E-state index contributed by atoms with van der Waals surface area (Å²) in [7, 11) is 5.91. The summed E-state index contributed by atoms with van der Waals surface area (Å²) in [4.78, 5) is 11.1. The fourth-order valence-electron chi connectivity index (χ4n) is 1.47. The van der Waals surface area contributed by atoms with Gasteiger partial charge >= 0.3 is 0 Å². The van der Waals surface area contributed by atoms with E-state index in [1.165, 1.54) is 0 Å². The zero-order valence-corrected chi connectivity index (χ0v) is 11.9. The zero-order chi connectivity index (χ0) is 12.1. The first-order valence-electron chi connectivity index (χ1n) is 5.46. The monoisotopic (exact) mass is 286 g/mol. The van der Waals surface area contributed by atoms with Crippen LogP contribution in [-0.2, 0) is 13.0 Å². The van der Waals surface area contributed by atoms with Gasteiger partial charge in [-0.1, -0.05) is 13.3 Å². The van der Waals surface area contributed by atoms with E-state index in [-0.39, 0.29) is 0 Å². The second-order valence-corrected chi connectivity index (χ2v) is 4.78. The van der Waals surface area contributed by atoms with E-state index in [9.17, 15) is 0 Å². The van der Waals surface area contributed by atoms with Crippen molar-refractivity contribution >= 4 is 21.7 Å². The van der Waals surface area contributed by atoms with Crippen LogP contribution in [0.25, 0.3) is 0 Å². The van der Waals surface area contributed by atoms with Crippen LogP contribution in [0, 0.1) is 0 Å². The zero-order valence-electron chi connectivity index (χ0n) is 10.3.